The third kappa shape index (κ3) is 2.92. The lowest BCUT2D eigenvalue weighted by atomic mass is 9.82. The van der Waals surface area contributed by atoms with Crippen molar-refractivity contribution in [2.24, 2.45) is 0 Å². The van der Waals surface area contributed by atoms with Gasteiger partial charge in [-0.25, -0.2) is 4.98 Å². The Kier molecular flexibility index (Phi) is 4.03. The van der Waals surface area contributed by atoms with E-state index in [4.69, 9.17) is 0 Å². The molecule has 1 unspecified atom stereocenters. The summed E-state index contributed by atoms with van der Waals surface area (Å²) < 4.78 is 2.01. The van der Waals surface area contributed by atoms with Gasteiger partial charge in [0.05, 0.1) is 11.6 Å². The first-order chi connectivity index (χ1) is 11.8. The first kappa shape index (κ1) is 14.9. The summed E-state index contributed by atoms with van der Waals surface area (Å²) in [6, 6.07) is 14.3. The first-order valence-corrected chi connectivity index (χ1v) is 8.59. The van der Waals surface area contributed by atoms with Crippen molar-refractivity contribution in [2.45, 2.75) is 31.6 Å². The minimum Gasteiger partial charge on any atom is -0.355 e. The summed E-state index contributed by atoms with van der Waals surface area (Å²) in [6.45, 7) is 0.626. The van der Waals surface area contributed by atoms with Gasteiger partial charge < -0.3 is 9.72 Å². The van der Waals surface area contributed by atoms with E-state index in [0.717, 1.165) is 37.0 Å². The van der Waals surface area contributed by atoms with E-state index in [1.165, 1.54) is 11.1 Å². The van der Waals surface area contributed by atoms with Gasteiger partial charge in [0.15, 0.2) is 0 Å². The zero-order valence-corrected chi connectivity index (χ0v) is 13.6. The fraction of sp³-hybridized carbons (Fsp3) is 0.300. The molecule has 1 aromatic carbocycles. The van der Waals surface area contributed by atoms with Crippen LogP contribution in [0.3, 0.4) is 0 Å². The molecule has 0 aliphatic heterocycles. The van der Waals surface area contributed by atoms with Crippen LogP contribution in [0, 0.1) is 0 Å². The molecule has 3 aromatic rings. The standard InChI is InChI=1S/C20H21N3O/c24-20(18-9-5-7-15-6-1-2-8-17(15)18)21-12-11-16-14-23-13-4-3-10-19(23)22-16/h1-4,6,8,10,13-14,18H,5,7,9,11-12H2,(H,21,24). The van der Waals surface area contributed by atoms with Gasteiger partial charge in [-0.2, -0.15) is 0 Å². The van der Waals surface area contributed by atoms with Gasteiger partial charge in [0.25, 0.3) is 0 Å². The van der Waals surface area contributed by atoms with E-state index in [9.17, 15) is 4.79 Å². The summed E-state index contributed by atoms with van der Waals surface area (Å²) in [5.41, 5.74) is 4.48. The predicted molar refractivity (Wildman–Crippen MR) is 94.0 cm³/mol. The number of rotatable bonds is 4. The Labute approximate surface area is 141 Å². The van der Waals surface area contributed by atoms with Crippen LogP contribution < -0.4 is 5.32 Å². The number of imidazole rings is 1. The zero-order valence-electron chi connectivity index (χ0n) is 13.6. The van der Waals surface area contributed by atoms with E-state index in [1.54, 1.807) is 0 Å². The van der Waals surface area contributed by atoms with E-state index in [0.29, 0.717) is 6.54 Å². The van der Waals surface area contributed by atoms with Crippen LogP contribution in [-0.4, -0.2) is 21.8 Å². The maximum atomic E-state index is 12.6. The maximum absolute atomic E-state index is 12.6. The van der Waals surface area contributed by atoms with Crippen molar-refractivity contribution in [3.63, 3.8) is 0 Å². The Balaban J connectivity index is 1.39. The van der Waals surface area contributed by atoms with Gasteiger partial charge in [-0.15, -0.1) is 0 Å². The second-order valence-corrected chi connectivity index (χ2v) is 6.38. The van der Waals surface area contributed by atoms with Crippen molar-refractivity contribution in [2.75, 3.05) is 6.54 Å². The molecule has 4 nitrogen and oxygen atoms in total. The molecule has 1 aliphatic carbocycles. The van der Waals surface area contributed by atoms with Gasteiger partial charge in [-0.3, -0.25) is 4.79 Å². The summed E-state index contributed by atoms with van der Waals surface area (Å²) in [4.78, 5) is 17.2. The summed E-state index contributed by atoms with van der Waals surface area (Å²) in [7, 11) is 0. The summed E-state index contributed by atoms with van der Waals surface area (Å²) in [5.74, 6) is 0.141. The highest BCUT2D eigenvalue weighted by atomic mass is 16.1. The van der Waals surface area contributed by atoms with Gasteiger partial charge >= 0.3 is 0 Å². The Morgan fingerprint density at radius 2 is 2.08 bits per heavy atom. The fourth-order valence-electron chi connectivity index (χ4n) is 3.57. The van der Waals surface area contributed by atoms with Gasteiger partial charge in [-0.1, -0.05) is 30.3 Å². The lowest BCUT2D eigenvalue weighted by Crippen LogP contribution is -2.32. The first-order valence-electron chi connectivity index (χ1n) is 8.59. The van der Waals surface area contributed by atoms with Crippen LogP contribution in [0.15, 0.2) is 54.9 Å². The number of pyridine rings is 1. The SMILES string of the molecule is O=C(NCCc1cn2ccccc2n1)C1CCCc2ccccc21. The smallest absolute Gasteiger partial charge is 0.227 e. The normalized spacial score (nSPS) is 16.8. The number of nitrogens with one attached hydrogen (secondary N) is 1. The molecule has 122 valence electrons. The van der Waals surface area contributed by atoms with Gasteiger partial charge in [0.2, 0.25) is 5.91 Å². The van der Waals surface area contributed by atoms with Crippen LogP contribution in [-0.2, 0) is 17.6 Å². The summed E-state index contributed by atoms with van der Waals surface area (Å²) >= 11 is 0. The summed E-state index contributed by atoms with van der Waals surface area (Å²) in [6.07, 6.45) is 7.88. The molecule has 2 heterocycles. The minimum atomic E-state index is -0.00369. The number of fused-ring (bicyclic) bond motifs is 2. The topological polar surface area (TPSA) is 46.4 Å². The molecule has 1 N–H and O–H groups in total. The third-order valence-corrected chi connectivity index (χ3v) is 4.78. The number of nitrogens with zero attached hydrogens (tertiary/aromatic N) is 2. The molecule has 0 spiro atoms. The van der Waals surface area contributed by atoms with Gasteiger partial charge in [-0.05, 0) is 42.5 Å². The number of amides is 1. The average Bonchev–Trinajstić information content (AvgIpc) is 3.04. The van der Waals surface area contributed by atoms with Crippen LogP contribution in [0.4, 0.5) is 0 Å². The predicted octanol–water partition coefficient (Wildman–Crippen LogP) is 3.11. The maximum Gasteiger partial charge on any atom is 0.227 e. The summed E-state index contributed by atoms with van der Waals surface area (Å²) in [5, 5.41) is 3.10. The largest absolute Gasteiger partial charge is 0.355 e. The van der Waals surface area contributed by atoms with E-state index >= 15 is 0 Å². The van der Waals surface area contributed by atoms with Crippen LogP contribution in [0.1, 0.15) is 35.6 Å². The van der Waals surface area contributed by atoms with E-state index in [2.05, 4.69) is 28.5 Å². The quantitative estimate of drug-likeness (QED) is 0.803. The molecule has 4 rings (SSSR count). The molecule has 0 saturated heterocycles. The molecule has 0 bridgehead atoms. The number of carbonyl (C=O) groups excluding carboxylic acids is 1. The Bertz CT molecular complexity index is 835. The van der Waals surface area contributed by atoms with Crippen LogP contribution in [0.5, 0.6) is 0 Å². The van der Waals surface area contributed by atoms with Crippen molar-refractivity contribution < 1.29 is 4.79 Å². The number of aryl methyl sites for hydroxylation is 1. The van der Waals surface area contributed by atoms with Crippen molar-refractivity contribution in [1.82, 2.24) is 14.7 Å². The second kappa shape index (κ2) is 6.48. The highest BCUT2D eigenvalue weighted by Crippen LogP contribution is 2.31. The van der Waals surface area contributed by atoms with E-state index in [1.807, 2.05) is 41.1 Å². The van der Waals surface area contributed by atoms with Crippen molar-refractivity contribution >= 4 is 11.6 Å². The average molecular weight is 319 g/mol. The molecular weight excluding hydrogens is 298 g/mol. The van der Waals surface area contributed by atoms with Crippen molar-refractivity contribution in [3.05, 3.63) is 71.7 Å². The number of hydrogen-bond donors (Lipinski definition) is 1. The van der Waals surface area contributed by atoms with Gasteiger partial charge in [0.1, 0.15) is 5.65 Å². The lowest BCUT2D eigenvalue weighted by Gasteiger charge is -2.24. The molecule has 0 fully saturated rings. The molecule has 0 saturated carbocycles. The minimum absolute atomic E-state index is 0.00369. The van der Waals surface area contributed by atoms with Gasteiger partial charge in [0, 0.05) is 25.4 Å². The highest BCUT2D eigenvalue weighted by Gasteiger charge is 2.25. The zero-order chi connectivity index (χ0) is 16.4. The second-order valence-electron chi connectivity index (χ2n) is 6.38. The molecule has 0 radical (unpaired) electrons. The number of aromatic nitrogens is 2. The van der Waals surface area contributed by atoms with Crippen LogP contribution in [0.25, 0.3) is 5.65 Å². The molecule has 24 heavy (non-hydrogen) atoms. The third-order valence-electron chi connectivity index (χ3n) is 4.78. The lowest BCUT2D eigenvalue weighted by molar-refractivity contribution is -0.122. The van der Waals surface area contributed by atoms with Crippen LogP contribution in [0.2, 0.25) is 0 Å². The number of benzene rings is 1. The molecule has 1 atom stereocenters. The highest BCUT2D eigenvalue weighted by molar-refractivity contribution is 5.84. The molecular formula is C20H21N3O. The molecule has 1 aliphatic rings. The van der Waals surface area contributed by atoms with E-state index in [-0.39, 0.29) is 11.8 Å². The Morgan fingerprint density at radius 1 is 1.21 bits per heavy atom. The number of carbonyl (C=O) groups is 1. The Hall–Kier alpha value is -2.62. The number of hydrogen-bond acceptors (Lipinski definition) is 2. The van der Waals surface area contributed by atoms with Crippen molar-refractivity contribution in [1.29, 1.82) is 0 Å². The van der Waals surface area contributed by atoms with Crippen molar-refractivity contribution in [3.8, 4) is 0 Å². The molecule has 2 aromatic heterocycles. The van der Waals surface area contributed by atoms with E-state index < -0.39 is 0 Å². The molecule has 4 heteroatoms. The Morgan fingerprint density at radius 3 is 3.00 bits per heavy atom. The van der Waals surface area contributed by atoms with Crippen LogP contribution >= 0.6 is 0 Å². The fourth-order valence-corrected chi connectivity index (χ4v) is 3.57. The molecule has 1 amide bonds. The monoisotopic (exact) mass is 319 g/mol.